The lowest BCUT2D eigenvalue weighted by atomic mass is 9.92. The Hall–Kier alpha value is -2.55. The van der Waals surface area contributed by atoms with Crippen molar-refractivity contribution in [3.63, 3.8) is 0 Å². The van der Waals surface area contributed by atoms with Crippen molar-refractivity contribution in [2.24, 2.45) is 0 Å². The third kappa shape index (κ3) is 2.63. The van der Waals surface area contributed by atoms with Crippen molar-refractivity contribution < 1.29 is 14.3 Å². The SMILES string of the molecule is CCc1ccc2cc3ccccc3c(OC(=O)OC)c2c1CC. The summed E-state index contributed by atoms with van der Waals surface area (Å²) in [6.07, 6.45) is 1.14. The van der Waals surface area contributed by atoms with Gasteiger partial charge in [-0.3, -0.25) is 0 Å². The zero-order valence-corrected chi connectivity index (χ0v) is 13.7. The molecule has 118 valence electrons. The zero-order chi connectivity index (χ0) is 16.4. The molecular formula is C20H20O3. The van der Waals surface area contributed by atoms with E-state index in [9.17, 15) is 4.79 Å². The molecule has 0 atom stereocenters. The normalized spacial score (nSPS) is 10.9. The van der Waals surface area contributed by atoms with Gasteiger partial charge in [-0.1, -0.05) is 50.2 Å². The van der Waals surface area contributed by atoms with Crippen molar-refractivity contribution in [2.75, 3.05) is 7.11 Å². The van der Waals surface area contributed by atoms with Gasteiger partial charge < -0.3 is 9.47 Å². The molecule has 23 heavy (non-hydrogen) atoms. The third-order valence-electron chi connectivity index (χ3n) is 4.27. The van der Waals surface area contributed by atoms with Crippen molar-refractivity contribution in [3.8, 4) is 5.75 Å². The van der Waals surface area contributed by atoms with E-state index in [1.807, 2.05) is 24.3 Å². The predicted molar refractivity (Wildman–Crippen MR) is 93.2 cm³/mol. The maximum Gasteiger partial charge on any atom is 0.513 e. The minimum Gasteiger partial charge on any atom is -0.437 e. The molecule has 0 aliphatic heterocycles. The van der Waals surface area contributed by atoms with Crippen LogP contribution in [0.3, 0.4) is 0 Å². The summed E-state index contributed by atoms with van der Waals surface area (Å²) in [5, 5.41) is 4.06. The summed E-state index contributed by atoms with van der Waals surface area (Å²) < 4.78 is 10.3. The number of hydrogen-bond donors (Lipinski definition) is 0. The number of aryl methyl sites for hydroxylation is 2. The Kier molecular flexibility index (Phi) is 4.20. The second kappa shape index (κ2) is 6.29. The summed E-state index contributed by atoms with van der Waals surface area (Å²) in [5.74, 6) is 0.595. The van der Waals surface area contributed by atoms with Gasteiger partial charge in [-0.25, -0.2) is 4.79 Å². The van der Waals surface area contributed by atoms with Crippen LogP contribution in [0.2, 0.25) is 0 Å². The van der Waals surface area contributed by atoms with Crippen LogP contribution in [0.15, 0.2) is 42.5 Å². The highest BCUT2D eigenvalue weighted by molar-refractivity contribution is 6.07. The smallest absolute Gasteiger partial charge is 0.437 e. The summed E-state index contributed by atoms with van der Waals surface area (Å²) in [4.78, 5) is 11.8. The maximum atomic E-state index is 11.8. The Morgan fingerprint density at radius 3 is 2.48 bits per heavy atom. The van der Waals surface area contributed by atoms with E-state index in [1.165, 1.54) is 18.2 Å². The van der Waals surface area contributed by atoms with Gasteiger partial charge >= 0.3 is 6.16 Å². The molecule has 0 bridgehead atoms. The quantitative estimate of drug-likeness (QED) is 0.376. The van der Waals surface area contributed by atoms with E-state index >= 15 is 0 Å². The molecule has 0 amide bonds. The Labute approximate surface area is 135 Å². The highest BCUT2D eigenvalue weighted by atomic mass is 16.7. The molecule has 0 saturated carbocycles. The van der Waals surface area contributed by atoms with Crippen molar-refractivity contribution in [1.29, 1.82) is 0 Å². The fourth-order valence-electron chi connectivity index (χ4n) is 3.20. The van der Waals surface area contributed by atoms with Gasteiger partial charge in [0.05, 0.1) is 7.11 Å². The first-order valence-corrected chi connectivity index (χ1v) is 7.91. The van der Waals surface area contributed by atoms with Gasteiger partial charge in [0.15, 0.2) is 0 Å². The summed E-state index contributed by atoms with van der Waals surface area (Å²) in [7, 11) is 1.33. The number of methoxy groups -OCH3 is 1. The largest absolute Gasteiger partial charge is 0.513 e. The summed E-state index contributed by atoms with van der Waals surface area (Å²) in [5.41, 5.74) is 2.51. The van der Waals surface area contributed by atoms with E-state index in [0.29, 0.717) is 5.75 Å². The molecule has 0 aromatic heterocycles. The molecule has 3 rings (SSSR count). The van der Waals surface area contributed by atoms with Gasteiger partial charge in [0, 0.05) is 10.8 Å². The number of hydrogen-bond acceptors (Lipinski definition) is 3. The minimum absolute atomic E-state index is 0.595. The van der Waals surface area contributed by atoms with E-state index in [4.69, 9.17) is 9.47 Å². The highest BCUT2D eigenvalue weighted by Crippen LogP contribution is 2.38. The molecule has 0 N–H and O–H groups in total. The molecule has 3 nitrogen and oxygen atoms in total. The summed E-state index contributed by atoms with van der Waals surface area (Å²) in [6.45, 7) is 4.27. The molecule has 0 fully saturated rings. The average molecular weight is 308 g/mol. The first-order chi connectivity index (χ1) is 11.2. The highest BCUT2D eigenvalue weighted by Gasteiger charge is 2.17. The molecule has 0 radical (unpaired) electrons. The van der Waals surface area contributed by atoms with Gasteiger partial charge in [0.1, 0.15) is 5.75 Å². The Morgan fingerprint density at radius 2 is 1.78 bits per heavy atom. The van der Waals surface area contributed by atoms with Crippen molar-refractivity contribution >= 4 is 27.7 Å². The van der Waals surface area contributed by atoms with Crippen LogP contribution < -0.4 is 4.74 Å². The van der Waals surface area contributed by atoms with Gasteiger partial charge in [-0.2, -0.15) is 0 Å². The monoisotopic (exact) mass is 308 g/mol. The molecule has 0 unspecified atom stereocenters. The van der Waals surface area contributed by atoms with Crippen LogP contribution in [0.4, 0.5) is 4.79 Å². The third-order valence-corrected chi connectivity index (χ3v) is 4.27. The molecule has 3 aromatic rings. The predicted octanol–water partition coefficient (Wildman–Crippen LogP) is 5.26. The van der Waals surface area contributed by atoms with E-state index in [0.717, 1.165) is 34.4 Å². The summed E-state index contributed by atoms with van der Waals surface area (Å²) >= 11 is 0. The fourth-order valence-corrected chi connectivity index (χ4v) is 3.20. The van der Waals surface area contributed by atoms with Crippen molar-refractivity contribution in [2.45, 2.75) is 26.7 Å². The Bertz CT molecular complexity index is 881. The molecular weight excluding hydrogens is 288 g/mol. The Balaban J connectivity index is 2.44. The maximum absolute atomic E-state index is 11.8. The number of benzene rings is 3. The van der Waals surface area contributed by atoms with Crippen LogP contribution in [0.5, 0.6) is 5.75 Å². The fraction of sp³-hybridized carbons (Fsp3) is 0.250. The van der Waals surface area contributed by atoms with Crippen LogP contribution in [-0.2, 0) is 17.6 Å². The lowest BCUT2D eigenvalue weighted by Crippen LogP contribution is -2.09. The van der Waals surface area contributed by atoms with Crippen LogP contribution in [0, 0.1) is 0 Å². The lowest BCUT2D eigenvalue weighted by Gasteiger charge is -2.16. The minimum atomic E-state index is -0.688. The van der Waals surface area contributed by atoms with Crippen molar-refractivity contribution in [1.82, 2.24) is 0 Å². The molecule has 0 aliphatic carbocycles. The molecule has 0 heterocycles. The molecule has 3 heteroatoms. The standard InChI is InChI=1S/C20H20O3/c1-4-13-10-11-15-12-14-8-6-7-9-17(14)19(23-20(21)22-3)18(15)16(13)5-2/h6-12H,4-5H2,1-3H3. The number of fused-ring (bicyclic) bond motifs is 2. The van der Waals surface area contributed by atoms with Gasteiger partial charge in [-0.15, -0.1) is 0 Å². The first-order valence-electron chi connectivity index (χ1n) is 7.91. The second-order valence-corrected chi connectivity index (χ2v) is 5.49. The molecule has 0 aliphatic rings. The first kappa shape index (κ1) is 15.3. The number of carbonyl (C=O) groups excluding carboxylic acids is 1. The van der Waals surface area contributed by atoms with E-state index in [-0.39, 0.29) is 0 Å². The van der Waals surface area contributed by atoms with E-state index in [2.05, 4.69) is 32.0 Å². The average Bonchev–Trinajstić information content (AvgIpc) is 2.60. The second-order valence-electron chi connectivity index (χ2n) is 5.49. The topological polar surface area (TPSA) is 35.5 Å². The number of carbonyl (C=O) groups is 1. The van der Waals surface area contributed by atoms with E-state index in [1.54, 1.807) is 0 Å². The van der Waals surface area contributed by atoms with Crippen LogP contribution >= 0.6 is 0 Å². The van der Waals surface area contributed by atoms with Crippen molar-refractivity contribution in [3.05, 3.63) is 53.6 Å². The molecule has 0 saturated heterocycles. The molecule has 3 aromatic carbocycles. The number of rotatable bonds is 3. The van der Waals surface area contributed by atoms with Gasteiger partial charge in [0.25, 0.3) is 0 Å². The number of ether oxygens (including phenoxy) is 2. The van der Waals surface area contributed by atoms with Gasteiger partial charge in [0.2, 0.25) is 0 Å². The van der Waals surface area contributed by atoms with Gasteiger partial charge in [-0.05, 0) is 40.8 Å². The Morgan fingerprint density at radius 1 is 1.00 bits per heavy atom. The lowest BCUT2D eigenvalue weighted by molar-refractivity contribution is 0.122. The van der Waals surface area contributed by atoms with E-state index < -0.39 is 6.16 Å². The summed E-state index contributed by atoms with van der Waals surface area (Å²) in [6, 6.07) is 14.4. The van der Waals surface area contributed by atoms with Crippen LogP contribution in [0.25, 0.3) is 21.5 Å². The zero-order valence-electron chi connectivity index (χ0n) is 13.7. The molecule has 0 spiro atoms. The van der Waals surface area contributed by atoms with Crippen LogP contribution in [-0.4, -0.2) is 13.3 Å². The van der Waals surface area contributed by atoms with Crippen LogP contribution in [0.1, 0.15) is 25.0 Å².